The minimum Gasteiger partial charge on any atom is -0.308 e. The zero-order valence-electron chi connectivity index (χ0n) is 9.03. The maximum absolute atomic E-state index is 6.14. The van der Waals surface area contributed by atoms with Crippen molar-refractivity contribution in [2.24, 2.45) is 0 Å². The van der Waals surface area contributed by atoms with E-state index in [1.165, 1.54) is 10.4 Å². The van der Waals surface area contributed by atoms with E-state index in [0.717, 1.165) is 23.7 Å². The van der Waals surface area contributed by atoms with Gasteiger partial charge >= 0.3 is 0 Å². The number of aromatic nitrogens is 1. The first kappa shape index (κ1) is 11.6. The van der Waals surface area contributed by atoms with E-state index >= 15 is 0 Å². The van der Waals surface area contributed by atoms with E-state index in [9.17, 15) is 0 Å². The number of thiazole rings is 1. The lowest BCUT2D eigenvalue weighted by molar-refractivity contribution is 0.700. The number of halogens is 1. The summed E-state index contributed by atoms with van der Waals surface area (Å²) in [7, 11) is 0. The van der Waals surface area contributed by atoms with Crippen molar-refractivity contribution >= 4 is 22.9 Å². The summed E-state index contributed by atoms with van der Waals surface area (Å²) in [6, 6.07) is 6.14. The fourth-order valence-corrected chi connectivity index (χ4v) is 2.31. The van der Waals surface area contributed by atoms with Crippen molar-refractivity contribution in [1.82, 2.24) is 10.3 Å². The highest BCUT2D eigenvalue weighted by atomic mass is 35.5. The molecule has 1 aromatic heterocycles. The summed E-state index contributed by atoms with van der Waals surface area (Å²) in [5, 5.41) is 4.18. The van der Waals surface area contributed by atoms with E-state index in [1.54, 1.807) is 11.3 Å². The second-order valence-corrected chi connectivity index (χ2v) is 5.04. The van der Waals surface area contributed by atoms with Crippen LogP contribution in [0.2, 0.25) is 5.02 Å². The molecule has 0 saturated carbocycles. The third-order valence-corrected chi connectivity index (χ3v) is 3.44. The number of aryl methyl sites for hydroxylation is 1. The third-order valence-electron chi connectivity index (χ3n) is 2.31. The third kappa shape index (κ3) is 3.04. The lowest BCUT2D eigenvalue weighted by Crippen LogP contribution is -2.12. The Kier molecular flexibility index (Phi) is 3.93. The van der Waals surface area contributed by atoms with Crippen molar-refractivity contribution in [3.63, 3.8) is 0 Å². The van der Waals surface area contributed by atoms with Crippen LogP contribution < -0.4 is 5.32 Å². The summed E-state index contributed by atoms with van der Waals surface area (Å²) in [5.41, 5.74) is 4.17. The molecule has 84 valence electrons. The highest BCUT2D eigenvalue weighted by Crippen LogP contribution is 2.17. The second-order valence-electron chi connectivity index (χ2n) is 3.67. The van der Waals surface area contributed by atoms with E-state index in [2.05, 4.69) is 22.4 Å². The Balaban J connectivity index is 1.90. The highest BCUT2D eigenvalue weighted by molar-refractivity contribution is 7.09. The van der Waals surface area contributed by atoms with Gasteiger partial charge in [-0.15, -0.1) is 11.3 Å². The average Bonchev–Trinajstić information content (AvgIpc) is 2.74. The maximum Gasteiger partial charge on any atom is 0.0794 e. The first-order valence-corrected chi connectivity index (χ1v) is 6.34. The normalized spacial score (nSPS) is 10.6. The molecule has 0 bridgehead atoms. The number of rotatable bonds is 4. The Morgan fingerprint density at radius 2 is 2.25 bits per heavy atom. The highest BCUT2D eigenvalue weighted by Gasteiger charge is 2.00. The van der Waals surface area contributed by atoms with Crippen LogP contribution in [0.1, 0.15) is 16.0 Å². The van der Waals surface area contributed by atoms with Gasteiger partial charge in [-0.3, -0.25) is 4.98 Å². The molecule has 1 aromatic carbocycles. The largest absolute Gasteiger partial charge is 0.308 e. The lowest BCUT2D eigenvalue weighted by atomic mass is 10.1. The number of benzene rings is 1. The predicted molar refractivity (Wildman–Crippen MR) is 68.8 cm³/mol. The molecule has 0 atom stereocenters. The van der Waals surface area contributed by atoms with Gasteiger partial charge in [0.25, 0.3) is 0 Å². The van der Waals surface area contributed by atoms with Gasteiger partial charge in [0.2, 0.25) is 0 Å². The van der Waals surface area contributed by atoms with Crippen molar-refractivity contribution in [1.29, 1.82) is 0 Å². The van der Waals surface area contributed by atoms with E-state index in [0.29, 0.717) is 0 Å². The summed E-state index contributed by atoms with van der Waals surface area (Å²) in [4.78, 5) is 5.27. The predicted octanol–water partition coefficient (Wildman–Crippen LogP) is 3.39. The number of hydrogen-bond acceptors (Lipinski definition) is 3. The summed E-state index contributed by atoms with van der Waals surface area (Å²) in [5.74, 6) is 0. The van der Waals surface area contributed by atoms with Crippen LogP contribution in [-0.4, -0.2) is 4.98 Å². The fourth-order valence-electron chi connectivity index (χ4n) is 1.45. The molecule has 0 fully saturated rings. The average molecular weight is 253 g/mol. The van der Waals surface area contributed by atoms with Gasteiger partial charge in [0.05, 0.1) is 5.51 Å². The molecule has 4 heteroatoms. The van der Waals surface area contributed by atoms with Crippen molar-refractivity contribution in [2.75, 3.05) is 0 Å². The SMILES string of the molecule is Cc1ccc(CNCc2cncs2)c(Cl)c1. The second kappa shape index (κ2) is 5.43. The van der Waals surface area contributed by atoms with Crippen LogP contribution >= 0.6 is 22.9 Å². The Morgan fingerprint density at radius 1 is 1.38 bits per heavy atom. The molecule has 0 aliphatic rings. The molecule has 0 aliphatic heterocycles. The molecule has 1 heterocycles. The molecular weight excluding hydrogens is 240 g/mol. The molecule has 0 spiro atoms. The monoisotopic (exact) mass is 252 g/mol. The van der Waals surface area contributed by atoms with Crippen LogP contribution in [-0.2, 0) is 13.1 Å². The topological polar surface area (TPSA) is 24.9 Å². The quantitative estimate of drug-likeness (QED) is 0.902. The summed E-state index contributed by atoms with van der Waals surface area (Å²) < 4.78 is 0. The number of nitrogens with zero attached hydrogens (tertiary/aromatic N) is 1. The molecular formula is C12H13ClN2S. The van der Waals surface area contributed by atoms with E-state index in [-0.39, 0.29) is 0 Å². The van der Waals surface area contributed by atoms with Gasteiger partial charge in [-0.25, -0.2) is 0 Å². The first-order valence-electron chi connectivity index (χ1n) is 5.09. The van der Waals surface area contributed by atoms with Crippen molar-refractivity contribution in [3.05, 3.63) is 50.9 Å². The molecule has 2 nitrogen and oxygen atoms in total. The van der Waals surface area contributed by atoms with Gasteiger partial charge in [-0.2, -0.15) is 0 Å². The molecule has 16 heavy (non-hydrogen) atoms. The van der Waals surface area contributed by atoms with E-state index < -0.39 is 0 Å². The van der Waals surface area contributed by atoms with E-state index in [4.69, 9.17) is 11.6 Å². The van der Waals surface area contributed by atoms with Gasteiger partial charge < -0.3 is 5.32 Å². The number of nitrogens with one attached hydrogen (secondary N) is 1. The molecule has 2 rings (SSSR count). The maximum atomic E-state index is 6.14. The van der Waals surface area contributed by atoms with Crippen molar-refractivity contribution < 1.29 is 0 Å². The lowest BCUT2D eigenvalue weighted by Gasteiger charge is -2.06. The fraction of sp³-hybridized carbons (Fsp3) is 0.250. The zero-order valence-corrected chi connectivity index (χ0v) is 10.6. The van der Waals surface area contributed by atoms with Gasteiger partial charge in [-0.05, 0) is 24.1 Å². The van der Waals surface area contributed by atoms with Crippen LogP contribution in [0.15, 0.2) is 29.9 Å². The van der Waals surface area contributed by atoms with Crippen LogP contribution in [0.5, 0.6) is 0 Å². The van der Waals surface area contributed by atoms with Gasteiger partial charge in [0.15, 0.2) is 0 Å². The first-order chi connectivity index (χ1) is 7.75. The molecule has 1 N–H and O–H groups in total. The van der Waals surface area contributed by atoms with Crippen LogP contribution in [0, 0.1) is 6.92 Å². The van der Waals surface area contributed by atoms with Crippen molar-refractivity contribution in [3.8, 4) is 0 Å². The van der Waals surface area contributed by atoms with Crippen LogP contribution in [0.3, 0.4) is 0 Å². The van der Waals surface area contributed by atoms with Gasteiger partial charge in [0, 0.05) is 29.2 Å². The molecule has 0 radical (unpaired) electrons. The molecule has 0 aliphatic carbocycles. The van der Waals surface area contributed by atoms with E-state index in [1.807, 2.05) is 24.7 Å². The van der Waals surface area contributed by atoms with Gasteiger partial charge in [-0.1, -0.05) is 23.7 Å². The zero-order chi connectivity index (χ0) is 11.4. The summed E-state index contributed by atoms with van der Waals surface area (Å²) >= 11 is 7.80. The Hall–Kier alpha value is -0.900. The number of hydrogen-bond donors (Lipinski definition) is 1. The minimum absolute atomic E-state index is 0.789. The molecule has 2 aromatic rings. The summed E-state index contributed by atoms with van der Waals surface area (Å²) in [6.45, 7) is 3.67. The van der Waals surface area contributed by atoms with Crippen molar-refractivity contribution in [2.45, 2.75) is 20.0 Å². The smallest absolute Gasteiger partial charge is 0.0794 e. The Bertz CT molecular complexity index is 454. The standard InChI is InChI=1S/C12H13ClN2S/c1-9-2-3-10(12(13)4-9)5-14-6-11-7-15-8-16-11/h2-4,7-8,14H,5-6H2,1H3. The molecule has 0 saturated heterocycles. The Labute approximate surface area is 104 Å². The van der Waals surface area contributed by atoms with Gasteiger partial charge in [0.1, 0.15) is 0 Å². The van der Waals surface area contributed by atoms with Crippen LogP contribution in [0.4, 0.5) is 0 Å². The minimum atomic E-state index is 0.789. The molecule has 0 amide bonds. The summed E-state index contributed by atoms with van der Waals surface area (Å²) in [6.07, 6.45) is 1.88. The molecule has 0 unspecified atom stereocenters. The van der Waals surface area contributed by atoms with Crippen LogP contribution in [0.25, 0.3) is 0 Å². The Morgan fingerprint density at radius 3 is 2.94 bits per heavy atom.